The maximum atomic E-state index is 14.9. The lowest BCUT2D eigenvalue weighted by molar-refractivity contribution is 0.0219. The molecule has 5 rings (SSSR count). The van der Waals surface area contributed by atoms with Crippen LogP contribution in [0.1, 0.15) is 32.3 Å². The highest BCUT2D eigenvalue weighted by atomic mass is 35.5. The van der Waals surface area contributed by atoms with Crippen molar-refractivity contribution in [1.29, 1.82) is 0 Å². The predicted molar refractivity (Wildman–Crippen MR) is 168 cm³/mol. The minimum Gasteiger partial charge on any atom is -0.437 e. The first kappa shape index (κ1) is 33.2. The Morgan fingerprint density at radius 3 is 2.59 bits per heavy atom. The molecular formula is C30H34ClF3N6O3S. The lowest BCUT2D eigenvalue weighted by Crippen LogP contribution is -2.42. The van der Waals surface area contributed by atoms with E-state index in [1.807, 2.05) is 4.72 Å². The summed E-state index contributed by atoms with van der Waals surface area (Å²) in [5, 5.41) is 7.29. The Morgan fingerprint density at radius 2 is 1.84 bits per heavy atom. The largest absolute Gasteiger partial charge is 0.437 e. The highest BCUT2D eigenvalue weighted by molar-refractivity contribution is 7.92. The number of nitrogens with zero attached hydrogens (tertiary/aromatic N) is 3. The quantitative estimate of drug-likeness (QED) is 0.177. The van der Waals surface area contributed by atoms with Crippen LogP contribution in [0.15, 0.2) is 54.9 Å². The molecule has 0 amide bonds. The lowest BCUT2D eigenvalue weighted by atomic mass is 9.98. The van der Waals surface area contributed by atoms with Crippen LogP contribution in [0.4, 0.5) is 24.8 Å². The Hall–Kier alpha value is -3.68. The molecule has 0 saturated carbocycles. The minimum atomic E-state index is -4.58. The van der Waals surface area contributed by atoms with Gasteiger partial charge in [-0.2, -0.15) is 0 Å². The first-order valence-corrected chi connectivity index (χ1v) is 15.6. The van der Waals surface area contributed by atoms with Crippen LogP contribution in [-0.2, 0) is 10.0 Å². The van der Waals surface area contributed by atoms with Crippen molar-refractivity contribution in [3.63, 3.8) is 0 Å². The van der Waals surface area contributed by atoms with E-state index in [-0.39, 0.29) is 29.7 Å². The van der Waals surface area contributed by atoms with Crippen LogP contribution in [0, 0.1) is 18.7 Å². The molecule has 3 heterocycles. The zero-order valence-corrected chi connectivity index (χ0v) is 26.0. The van der Waals surface area contributed by atoms with Crippen LogP contribution in [0.5, 0.6) is 11.6 Å². The van der Waals surface area contributed by atoms with E-state index in [1.54, 1.807) is 43.6 Å². The number of halogens is 4. The summed E-state index contributed by atoms with van der Waals surface area (Å²) in [7, 11) is -4.58. The van der Waals surface area contributed by atoms with E-state index in [9.17, 15) is 21.6 Å². The molecule has 1 aliphatic rings. The van der Waals surface area contributed by atoms with Gasteiger partial charge in [0.2, 0.25) is 21.9 Å². The molecule has 14 heteroatoms. The molecule has 9 nitrogen and oxygen atoms in total. The topological polar surface area (TPSA) is 118 Å². The van der Waals surface area contributed by atoms with Crippen LogP contribution in [0.25, 0.3) is 22.0 Å². The van der Waals surface area contributed by atoms with E-state index >= 15 is 0 Å². The second-order valence-corrected chi connectivity index (χ2v) is 12.6. The summed E-state index contributed by atoms with van der Waals surface area (Å²) in [6.07, 6.45) is 3.52. The molecule has 2 atom stereocenters. The van der Waals surface area contributed by atoms with Gasteiger partial charge in [0.25, 0.3) is 5.92 Å². The Kier molecular flexibility index (Phi) is 10.2. The van der Waals surface area contributed by atoms with Gasteiger partial charge in [-0.15, -0.1) is 12.4 Å². The fourth-order valence-corrected chi connectivity index (χ4v) is 6.41. The van der Waals surface area contributed by atoms with Crippen molar-refractivity contribution in [3.8, 4) is 22.9 Å². The number of piperidine rings is 1. The highest BCUT2D eigenvalue weighted by Gasteiger charge is 2.34. The van der Waals surface area contributed by atoms with Crippen molar-refractivity contribution in [3.05, 3.63) is 66.2 Å². The van der Waals surface area contributed by atoms with Gasteiger partial charge in [-0.05, 0) is 61.7 Å². The SMILES string of the molecule is CCC(F)(F)CS(=O)(=O)Nc1c(F)ccc2c(Oc3ncccc3-c3ccnc(N[C@@H]4CNC[C@H](C)C4)n3)c(C)ccc12.Cl. The summed E-state index contributed by atoms with van der Waals surface area (Å²) < 4.78 is 76.2. The lowest BCUT2D eigenvalue weighted by Gasteiger charge is -2.28. The third-order valence-corrected chi connectivity index (χ3v) is 8.60. The van der Waals surface area contributed by atoms with Crippen molar-refractivity contribution in [1.82, 2.24) is 20.3 Å². The number of alkyl halides is 2. The smallest absolute Gasteiger partial charge is 0.263 e. The molecule has 2 aromatic carbocycles. The molecule has 1 aliphatic heterocycles. The maximum absolute atomic E-state index is 14.9. The number of hydrogen-bond acceptors (Lipinski definition) is 8. The number of sulfonamides is 1. The van der Waals surface area contributed by atoms with Crippen LogP contribution in [0.3, 0.4) is 0 Å². The second kappa shape index (κ2) is 13.5. The summed E-state index contributed by atoms with van der Waals surface area (Å²) in [6.45, 7) is 6.92. The van der Waals surface area contributed by atoms with E-state index in [4.69, 9.17) is 9.72 Å². The van der Waals surface area contributed by atoms with E-state index in [0.717, 1.165) is 25.6 Å². The second-order valence-electron chi connectivity index (χ2n) is 10.9. The molecule has 1 saturated heterocycles. The number of pyridine rings is 1. The van der Waals surface area contributed by atoms with Crippen molar-refractivity contribution in [2.75, 3.05) is 28.9 Å². The minimum absolute atomic E-state index is 0. The van der Waals surface area contributed by atoms with E-state index < -0.39 is 39.6 Å². The van der Waals surface area contributed by atoms with Crippen LogP contribution >= 0.6 is 12.4 Å². The van der Waals surface area contributed by atoms with Crippen LogP contribution in [-0.4, -0.2) is 54.2 Å². The maximum Gasteiger partial charge on any atom is 0.263 e. The van der Waals surface area contributed by atoms with Crippen molar-refractivity contribution in [2.45, 2.75) is 45.6 Å². The van der Waals surface area contributed by atoms with Gasteiger partial charge >= 0.3 is 0 Å². The zero-order chi connectivity index (χ0) is 30.8. The Bertz CT molecular complexity index is 1740. The van der Waals surface area contributed by atoms with E-state index in [1.165, 1.54) is 19.1 Å². The summed E-state index contributed by atoms with van der Waals surface area (Å²) in [6, 6.07) is 11.1. The number of aryl methyl sites for hydroxylation is 1. The van der Waals surface area contributed by atoms with E-state index in [2.05, 4.69) is 27.5 Å². The molecule has 0 aliphatic carbocycles. The van der Waals surface area contributed by atoms with Gasteiger partial charge in [-0.3, -0.25) is 4.72 Å². The highest BCUT2D eigenvalue weighted by Crippen LogP contribution is 2.40. The first-order chi connectivity index (χ1) is 20.4. The number of hydrogen-bond donors (Lipinski definition) is 3. The zero-order valence-electron chi connectivity index (χ0n) is 24.4. The molecule has 1 fully saturated rings. The van der Waals surface area contributed by atoms with Gasteiger partial charge in [0.05, 0.1) is 16.9 Å². The molecule has 236 valence electrons. The molecule has 2 aromatic heterocycles. The summed E-state index contributed by atoms with van der Waals surface area (Å²) in [5.74, 6) is -4.34. The van der Waals surface area contributed by atoms with E-state index in [0.29, 0.717) is 39.8 Å². The predicted octanol–water partition coefficient (Wildman–Crippen LogP) is 6.55. The average molecular weight is 651 g/mol. The molecule has 0 bridgehead atoms. The van der Waals surface area contributed by atoms with Gasteiger partial charge in [0.1, 0.15) is 17.3 Å². The molecule has 44 heavy (non-hydrogen) atoms. The van der Waals surface area contributed by atoms with Gasteiger partial charge in [-0.1, -0.05) is 26.0 Å². The number of fused-ring (bicyclic) bond motifs is 1. The average Bonchev–Trinajstić information content (AvgIpc) is 2.96. The number of anilines is 2. The van der Waals surface area contributed by atoms with Crippen LogP contribution < -0.4 is 20.1 Å². The Balaban J connectivity index is 0.00000442. The third-order valence-electron chi connectivity index (χ3n) is 7.28. The van der Waals surface area contributed by atoms with Gasteiger partial charge in [0.15, 0.2) is 0 Å². The molecule has 0 unspecified atom stereocenters. The summed E-state index contributed by atoms with van der Waals surface area (Å²) in [5.41, 5.74) is 1.36. The summed E-state index contributed by atoms with van der Waals surface area (Å²) in [4.78, 5) is 13.5. The molecule has 4 aromatic rings. The normalized spacial score (nSPS) is 17.1. The number of ether oxygens (including phenoxy) is 1. The van der Waals surface area contributed by atoms with Crippen molar-refractivity contribution >= 4 is 44.8 Å². The molecule has 3 N–H and O–H groups in total. The van der Waals surface area contributed by atoms with Crippen molar-refractivity contribution < 1.29 is 26.3 Å². The Morgan fingerprint density at radius 1 is 1.07 bits per heavy atom. The fourth-order valence-electron chi connectivity index (χ4n) is 5.06. The van der Waals surface area contributed by atoms with Crippen molar-refractivity contribution in [2.24, 2.45) is 5.92 Å². The van der Waals surface area contributed by atoms with Crippen LogP contribution in [0.2, 0.25) is 0 Å². The number of aromatic nitrogens is 3. The fraction of sp³-hybridized carbons (Fsp3) is 0.367. The Labute approximate surface area is 260 Å². The van der Waals surface area contributed by atoms with Gasteiger partial charge in [-0.25, -0.2) is 36.5 Å². The number of benzene rings is 2. The standard InChI is InChI=1S/C30H33F3N6O3S.ClH/c1-4-30(32,33)17-43(40,41)39-26-21-8-7-19(3)27(22(21)9-10-24(26)31)42-28-23(6-5-12-35-28)25-11-13-36-29(38-25)37-20-14-18(2)15-34-16-20;/h5-13,18,20,34,39H,4,14-17H2,1-3H3,(H,36,37,38);1H/t18-,20+;/m1./s1. The number of rotatable bonds is 10. The third kappa shape index (κ3) is 7.69. The van der Waals surface area contributed by atoms with Gasteiger partial charge < -0.3 is 15.4 Å². The molecular weight excluding hydrogens is 617 g/mol. The number of nitrogens with one attached hydrogen (secondary N) is 3. The molecule has 0 radical (unpaired) electrons. The summed E-state index contributed by atoms with van der Waals surface area (Å²) >= 11 is 0. The first-order valence-electron chi connectivity index (χ1n) is 14.0. The molecule has 0 spiro atoms. The monoisotopic (exact) mass is 650 g/mol. The van der Waals surface area contributed by atoms with Gasteiger partial charge in [0, 0.05) is 42.2 Å².